The topological polar surface area (TPSA) is 176 Å². The number of rotatable bonds is 6. The monoisotopic (exact) mass is 586 g/mol. The maximum absolute atomic E-state index is 12.9. The summed E-state index contributed by atoms with van der Waals surface area (Å²) < 4.78 is 23.5. The van der Waals surface area contributed by atoms with E-state index >= 15 is 0 Å². The number of ether oxygens (including phenoxy) is 4. The van der Waals surface area contributed by atoms with E-state index in [2.05, 4.69) is 10.6 Å². The Morgan fingerprint density at radius 3 is 1.33 bits per heavy atom. The maximum atomic E-state index is 12.9. The van der Waals surface area contributed by atoms with Crippen molar-refractivity contribution in [3.63, 3.8) is 0 Å². The van der Waals surface area contributed by atoms with Crippen molar-refractivity contribution in [1.82, 2.24) is 10.6 Å². The quantitative estimate of drug-likeness (QED) is 0.250. The van der Waals surface area contributed by atoms with Crippen LogP contribution in [0.25, 0.3) is 0 Å². The summed E-state index contributed by atoms with van der Waals surface area (Å²) in [6, 6.07) is 18.5. The first-order valence-electron chi connectivity index (χ1n) is 14.2. The van der Waals surface area contributed by atoms with Crippen LogP contribution < -0.4 is 10.6 Å². The maximum Gasteiger partial charge on any atom is 0.222 e. The number of benzene rings is 2. The molecule has 0 aromatic heterocycles. The Balaban J connectivity index is 1.30. The molecular formula is C30H38N2O10. The molecule has 2 aromatic rings. The van der Waals surface area contributed by atoms with E-state index in [0.717, 1.165) is 11.1 Å². The van der Waals surface area contributed by atoms with Gasteiger partial charge in [0.15, 0.2) is 0 Å². The summed E-state index contributed by atoms with van der Waals surface area (Å²) in [5, 5.41) is 49.5. The lowest BCUT2D eigenvalue weighted by Crippen LogP contribution is -2.63. The molecule has 2 aromatic carbocycles. The van der Waals surface area contributed by atoms with Crippen molar-refractivity contribution < 1.29 is 49.0 Å². The van der Waals surface area contributed by atoms with E-state index < -0.39 is 72.9 Å². The normalized spacial score (nSPS) is 35.9. The van der Waals surface area contributed by atoms with E-state index in [1.807, 2.05) is 60.7 Å². The van der Waals surface area contributed by atoms with Crippen molar-refractivity contribution in [3.8, 4) is 0 Å². The molecule has 3 fully saturated rings. The third-order valence-corrected chi connectivity index (χ3v) is 7.91. The van der Waals surface area contributed by atoms with Gasteiger partial charge in [0, 0.05) is 13.1 Å². The zero-order valence-corrected chi connectivity index (χ0v) is 23.0. The minimum absolute atomic E-state index is 0.113. The minimum Gasteiger partial charge on any atom is -0.388 e. The van der Waals surface area contributed by atoms with Crippen LogP contribution in [0, 0.1) is 0 Å². The second kappa shape index (κ2) is 14.0. The average Bonchev–Trinajstić information content (AvgIpc) is 2.99. The third-order valence-electron chi connectivity index (χ3n) is 7.91. The number of aliphatic hydroxyl groups excluding tert-OH is 4. The van der Waals surface area contributed by atoms with Crippen molar-refractivity contribution in [2.24, 2.45) is 0 Å². The Bertz CT molecular complexity index is 1080. The lowest BCUT2D eigenvalue weighted by Gasteiger charge is -2.44. The molecule has 3 aliphatic rings. The highest BCUT2D eigenvalue weighted by atomic mass is 16.6. The van der Waals surface area contributed by atoms with Gasteiger partial charge in [-0.2, -0.15) is 0 Å². The van der Waals surface area contributed by atoms with Crippen LogP contribution in [0.3, 0.4) is 0 Å². The summed E-state index contributed by atoms with van der Waals surface area (Å²) in [6.45, 7) is -0.0547. The molecule has 3 aliphatic heterocycles. The number of hydrogen-bond donors (Lipinski definition) is 6. The Hall–Kier alpha value is -2.94. The van der Waals surface area contributed by atoms with Crippen molar-refractivity contribution in [1.29, 1.82) is 0 Å². The van der Waals surface area contributed by atoms with Gasteiger partial charge < -0.3 is 50.0 Å². The zero-order chi connectivity index (χ0) is 29.6. The van der Waals surface area contributed by atoms with Crippen LogP contribution in [-0.2, 0) is 41.8 Å². The number of amides is 2. The highest BCUT2D eigenvalue weighted by Gasteiger charge is 2.48. The minimum atomic E-state index is -1.33. The number of hydrogen-bond acceptors (Lipinski definition) is 10. The highest BCUT2D eigenvalue weighted by molar-refractivity contribution is 5.77. The van der Waals surface area contributed by atoms with Crippen LogP contribution in [0.5, 0.6) is 0 Å². The summed E-state index contributed by atoms with van der Waals surface area (Å²) in [7, 11) is 0. The van der Waals surface area contributed by atoms with Crippen LogP contribution in [0.4, 0.5) is 0 Å². The van der Waals surface area contributed by atoms with Gasteiger partial charge in [0.05, 0.1) is 38.3 Å². The van der Waals surface area contributed by atoms with Crippen molar-refractivity contribution in [2.45, 2.75) is 87.1 Å². The van der Waals surface area contributed by atoms with Crippen LogP contribution in [0.15, 0.2) is 60.7 Å². The largest absolute Gasteiger partial charge is 0.388 e. The summed E-state index contributed by atoms with van der Waals surface area (Å²) >= 11 is 0. The summed E-state index contributed by atoms with van der Waals surface area (Å²) in [5.41, 5.74) is 1.67. The van der Waals surface area contributed by atoms with E-state index in [-0.39, 0.29) is 39.1 Å². The lowest BCUT2D eigenvalue weighted by atomic mass is 9.91. The molecule has 2 amide bonds. The Labute approximate surface area is 243 Å². The van der Waals surface area contributed by atoms with E-state index in [9.17, 15) is 30.0 Å². The fourth-order valence-corrected chi connectivity index (χ4v) is 5.56. The van der Waals surface area contributed by atoms with Gasteiger partial charge in [-0.05, 0) is 11.1 Å². The SMILES string of the molecule is O=C1C[C@H]2O[C@H](CNC(=O)C[C@H]3O[C@H](CN1)[C@@H](O)[C@H](OCc1ccccc1)[C@H]3O)[C@@H](O)[C@H](OCc1ccccc1)[C@H]2O. The third kappa shape index (κ3) is 7.33. The molecule has 228 valence electrons. The second-order valence-corrected chi connectivity index (χ2v) is 10.9. The van der Waals surface area contributed by atoms with Crippen molar-refractivity contribution in [3.05, 3.63) is 71.8 Å². The number of carbonyl (C=O) groups is 2. The molecule has 0 radical (unpaired) electrons. The molecule has 0 aliphatic carbocycles. The molecule has 3 heterocycles. The summed E-state index contributed by atoms with van der Waals surface area (Å²) in [4.78, 5) is 25.9. The predicted octanol–water partition coefficient (Wildman–Crippen LogP) is -0.838. The van der Waals surface area contributed by atoms with E-state index in [1.165, 1.54) is 0 Å². The Morgan fingerprint density at radius 1 is 0.595 bits per heavy atom. The van der Waals surface area contributed by atoms with E-state index in [0.29, 0.717) is 0 Å². The first kappa shape index (κ1) is 30.5. The molecular weight excluding hydrogens is 548 g/mol. The fraction of sp³-hybridized carbons (Fsp3) is 0.533. The Morgan fingerprint density at radius 2 is 0.952 bits per heavy atom. The van der Waals surface area contributed by atoms with Crippen molar-refractivity contribution >= 4 is 11.8 Å². The van der Waals surface area contributed by atoms with E-state index in [4.69, 9.17) is 18.9 Å². The molecule has 0 unspecified atom stereocenters. The van der Waals surface area contributed by atoms with Gasteiger partial charge in [-0.1, -0.05) is 60.7 Å². The lowest BCUT2D eigenvalue weighted by molar-refractivity contribution is -0.241. The molecule has 10 atom stereocenters. The smallest absolute Gasteiger partial charge is 0.222 e. The second-order valence-electron chi connectivity index (χ2n) is 10.9. The van der Waals surface area contributed by atoms with Gasteiger partial charge in [-0.25, -0.2) is 0 Å². The van der Waals surface area contributed by atoms with Gasteiger partial charge >= 0.3 is 0 Å². The zero-order valence-electron chi connectivity index (χ0n) is 23.0. The van der Waals surface area contributed by atoms with Crippen LogP contribution in [0.2, 0.25) is 0 Å². The first-order valence-corrected chi connectivity index (χ1v) is 14.2. The molecule has 0 saturated carbocycles. The van der Waals surface area contributed by atoms with Crippen LogP contribution >= 0.6 is 0 Å². The molecule has 42 heavy (non-hydrogen) atoms. The van der Waals surface area contributed by atoms with Crippen LogP contribution in [0.1, 0.15) is 24.0 Å². The highest BCUT2D eigenvalue weighted by Crippen LogP contribution is 2.29. The number of carbonyl (C=O) groups excluding carboxylic acids is 2. The standard InChI is InChI=1S/C30H38N2O10/c33-23-11-19-25(35)29(39-15-17-7-3-1-4-8-17)27(37)21(41-19)13-31-24(34)12-20-26(36)30(28(38)22(42-20)14-32-23)40-16-18-9-5-2-6-10-18/h1-10,19-22,25-30,35-38H,11-16H2,(H,31,34)(H,32,33)/t19-,20-,21-,22-,25+,26+,27-,28-,29-,30-/m1/s1. The van der Waals surface area contributed by atoms with Gasteiger partial charge in [0.1, 0.15) is 48.8 Å². The molecule has 3 saturated heterocycles. The number of nitrogens with one attached hydrogen (secondary N) is 2. The first-order chi connectivity index (χ1) is 20.3. The fourth-order valence-electron chi connectivity index (χ4n) is 5.56. The molecule has 5 rings (SSSR count). The Kier molecular flexibility index (Phi) is 10.2. The van der Waals surface area contributed by atoms with Crippen molar-refractivity contribution in [2.75, 3.05) is 13.1 Å². The van der Waals surface area contributed by atoms with Gasteiger partial charge in [0.2, 0.25) is 11.8 Å². The van der Waals surface area contributed by atoms with Gasteiger partial charge in [-0.15, -0.1) is 0 Å². The number of fused-ring (bicyclic) bond motifs is 4. The number of aliphatic hydroxyl groups is 4. The molecule has 6 N–H and O–H groups in total. The molecule has 12 nitrogen and oxygen atoms in total. The summed E-state index contributed by atoms with van der Waals surface area (Å²) in [5.74, 6) is -0.977. The van der Waals surface area contributed by atoms with Crippen LogP contribution in [-0.4, -0.2) is 106 Å². The molecule has 0 spiro atoms. The predicted molar refractivity (Wildman–Crippen MR) is 147 cm³/mol. The molecule has 4 bridgehead atoms. The average molecular weight is 587 g/mol. The van der Waals surface area contributed by atoms with E-state index in [1.54, 1.807) is 0 Å². The summed E-state index contributed by atoms with van der Waals surface area (Å²) in [6.07, 6.45) is -12.0. The van der Waals surface area contributed by atoms with Gasteiger partial charge in [-0.3, -0.25) is 9.59 Å². The molecule has 12 heteroatoms. The van der Waals surface area contributed by atoms with Gasteiger partial charge in [0.25, 0.3) is 0 Å².